The van der Waals surface area contributed by atoms with Crippen LogP contribution in [0.1, 0.15) is 16.1 Å². The average Bonchev–Trinajstić information content (AvgIpc) is 3.02. The summed E-state index contributed by atoms with van der Waals surface area (Å²) >= 11 is 3.22. The van der Waals surface area contributed by atoms with Crippen molar-refractivity contribution in [3.63, 3.8) is 0 Å². The Kier molecular flexibility index (Phi) is 4.68. The number of nitrogens with zero attached hydrogens (tertiary/aromatic N) is 3. The number of para-hydroxylation sites is 1. The molecule has 0 unspecified atom stereocenters. The summed E-state index contributed by atoms with van der Waals surface area (Å²) in [7, 11) is 1.85. The summed E-state index contributed by atoms with van der Waals surface area (Å²) < 4.78 is 16.5. The smallest absolute Gasteiger partial charge is 0.256 e. The second-order valence-electron chi connectivity index (χ2n) is 6.42. The highest BCUT2D eigenvalue weighted by Gasteiger charge is 2.17. The van der Waals surface area contributed by atoms with Crippen LogP contribution in [0.3, 0.4) is 0 Å². The molecule has 0 atom stereocenters. The van der Waals surface area contributed by atoms with Crippen molar-refractivity contribution in [3.05, 3.63) is 76.3 Å². The van der Waals surface area contributed by atoms with E-state index in [9.17, 15) is 9.18 Å². The van der Waals surface area contributed by atoms with E-state index >= 15 is 0 Å². The SMILES string of the molecule is Cc1c(-c2cc(C(=O)Nc3ccc(Br)cc3F)c3ccccc3n2)cnn1C. The molecule has 1 amide bonds. The second kappa shape index (κ2) is 7.16. The predicted molar refractivity (Wildman–Crippen MR) is 111 cm³/mol. The summed E-state index contributed by atoms with van der Waals surface area (Å²) in [4.78, 5) is 17.7. The topological polar surface area (TPSA) is 59.8 Å². The van der Waals surface area contributed by atoms with Gasteiger partial charge in [0.05, 0.1) is 28.7 Å². The van der Waals surface area contributed by atoms with E-state index in [2.05, 4.69) is 31.3 Å². The minimum absolute atomic E-state index is 0.119. The van der Waals surface area contributed by atoms with Crippen molar-refractivity contribution >= 4 is 38.4 Å². The number of halogens is 2. The number of hydrogen-bond donors (Lipinski definition) is 1. The first kappa shape index (κ1) is 18.3. The third kappa shape index (κ3) is 3.29. The molecule has 2 aromatic carbocycles. The fourth-order valence-corrected chi connectivity index (χ4v) is 3.37. The van der Waals surface area contributed by atoms with Crippen molar-refractivity contribution in [2.45, 2.75) is 6.92 Å². The van der Waals surface area contributed by atoms with Crippen LogP contribution < -0.4 is 5.32 Å². The molecule has 0 radical (unpaired) electrons. The van der Waals surface area contributed by atoms with Crippen molar-refractivity contribution in [3.8, 4) is 11.3 Å². The number of fused-ring (bicyclic) bond motifs is 1. The Morgan fingerprint density at radius 3 is 2.68 bits per heavy atom. The Hall–Kier alpha value is -3.06. The van der Waals surface area contributed by atoms with Crippen LogP contribution in [0.5, 0.6) is 0 Å². The van der Waals surface area contributed by atoms with Gasteiger partial charge < -0.3 is 5.32 Å². The van der Waals surface area contributed by atoms with Gasteiger partial charge in [-0.05, 0) is 37.3 Å². The molecule has 0 aliphatic heterocycles. The van der Waals surface area contributed by atoms with Crippen molar-refractivity contribution in [2.75, 3.05) is 5.32 Å². The maximum absolute atomic E-state index is 14.2. The molecule has 2 heterocycles. The van der Waals surface area contributed by atoms with E-state index in [1.165, 1.54) is 12.1 Å². The van der Waals surface area contributed by atoms with Crippen molar-refractivity contribution < 1.29 is 9.18 Å². The van der Waals surface area contributed by atoms with Gasteiger partial charge in [-0.25, -0.2) is 9.37 Å². The van der Waals surface area contributed by atoms with Crippen LogP contribution >= 0.6 is 15.9 Å². The first-order valence-electron chi connectivity index (χ1n) is 8.59. The number of nitrogens with one attached hydrogen (secondary N) is 1. The lowest BCUT2D eigenvalue weighted by atomic mass is 10.0. The third-order valence-electron chi connectivity index (χ3n) is 4.65. The minimum atomic E-state index is -0.510. The van der Waals surface area contributed by atoms with Crippen molar-refractivity contribution in [1.29, 1.82) is 0 Å². The summed E-state index contributed by atoms with van der Waals surface area (Å²) in [5.41, 5.74) is 3.65. The summed E-state index contributed by atoms with van der Waals surface area (Å²) in [6, 6.07) is 13.6. The largest absolute Gasteiger partial charge is 0.319 e. The number of hydrogen-bond acceptors (Lipinski definition) is 3. The molecule has 0 aliphatic rings. The van der Waals surface area contributed by atoms with Crippen LogP contribution in [0.2, 0.25) is 0 Å². The van der Waals surface area contributed by atoms with Gasteiger partial charge in [-0.1, -0.05) is 34.1 Å². The number of benzene rings is 2. The highest BCUT2D eigenvalue weighted by Crippen LogP contribution is 2.28. The van der Waals surface area contributed by atoms with Gasteiger partial charge in [-0.2, -0.15) is 5.10 Å². The first-order chi connectivity index (χ1) is 13.4. The number of aromatic nitrogens is 3. The highest BCUT2D eigenvalue weighted by molar-refractivity contribution is 9.10. The summed E-state index contributed by atoms with van der Waals surface area (Å²) in [5.74, 6) is -0.910. The molecule has 0 saturated carbocycles. The number of amides is 1. The van der Waals surface area contributed by atoms with E-state index in [1.807, 2.05) is 38.2 Å². The summed E-state index contributed by atoms with van der Waals surface area (Å²) in [6.45, 7) is 1.94. The summed E-state index contributed by atoms with van der Waals surface area (Å²) in [6.07, 6.45) is 1.72. The molecule has 0 spiro atoms. The van der Waals surface area contributed by atoms with Gasteiger partial charge in [-0.15, -0.1) is 0 Å². The monoisotopic (exact) mass is 438 g/mol. The standard InChI is InChI=1S/C21H16BrFN4O/c1-12-16(11-24-27(12)2)20-10-15(14-5-3-4-6-18(14)25-20)21(28)26-19-8-7-13(22)9-17(19)23/h3-11H,1-2H3,(H,26,28). The Bertz CT molecular complexity index is 1220. The Labute approximate surface area is 169 Å². The Morgan fingerprint density at radius 1 is 1.18 bits per heavy atom. The van der Waals surface area contributed by atoms with E-state index in [0.29, 0.717) is 26.6 Å². The van der Waals surface area contributed by atoms with Crippen LogP contribution in [0.15, 0.2) is 59.2 Å². The molecule has 28 heavy (non-hydrogen) atoms. The number of carbonyl (C=O) groups excluding carboxylic acids is 1. The molecular formula is C21H16BrFN4O. The van der Waals surface area contributed by atoms with Crippen LogP contribution in [0.4, 0.5) is 10.1 Å². The number of carbonyl (C=O) groups is 1. The first-order valence-corrected chi connectivity index (χ1v) is 9.38. The van der Waals surface area contributed by atoms with Crippen LogP contribution in [-0.4, -0.2) is 20.7 Å². The normalized spacial score (nSPS) is 11.0. The van der Waals surface area contributed by atoms with Crippen LogP contribution in [0, 0.1) is 12.7 Å². The molecule has 2 aromatic heterocycles. The predicted octanol–water partition coefficient (Wildman–Crippen LogP) is 5.10. The Morgan fingerprint density at radius 2 is 1.96 bits per heavy atom. The highest BCUT2D eigenvalue weighted by atomic mass is 79.9. The molecule has 0 fully saturated rings. The van der Waals surface area contributed by atoms with Gasteiger partial charge in [0.25, 0.3) is 5.91 Å². The van der Waals surface area contributed by atoms with E-state index < -0.39 is 11.7 Å². The fourth-order valence-electron chi connectivity index (χ4n) is 3.03. The lowest BCUT2D eigenvalue weighted by molar-refractivity contribution is 0.102. The molecule has 1 N–H and O–H groups in total. The van der Waals surface area contributed by atoms with E-state index in [4.69, 9.17) is 0 Å². The lowest BCUT2D eigenvalue weighted by Gasteiger charge is -2.11. The maximum atomic E-state index is 14.2. The zero-order valence-corrected chi connectivity index (χ0v) is 16.8. The molecule has 5 nitrogen and oxygen atoms in total. The van der Waals surface area contributed by atoms with E-state index in [1.54, 1.807) is 23.0 Å². The van der Waals surface area contributed by atoms with E-state index in [-0.39, 0.29) is 5.69 Å². The summed E-state index contributed by atoms with van der Waals surface area (Å²) in [5, 5.41) is 7.61. The molecule has 7 heteroatoms. The molecule has 0 saturated heterocycles. The molecule has 0 bridgehead atoms. The minimum Gasteiger partial charge on any atom is -0.319 e. The number of rotatable bonds is 3. The van der Waals surface area contributed by atoms with Gasteiger partial charge in [0.1, 0.15) is 5.82 Å². The fraction of sp³-hybridized carbons (Fsp3) is 0.0952. The van der Waals surface area contributed by atoms with Gasteiger partial charge in [0.15, 0.2) is 0 Å². The maximum Gasteiger partial charge on any atom is 0.256 e. The van der Waals surface area contributed by atoms with Crippen LogP contribution in [-0.2, 0) is 7.05 Å². The third-order valence-corrected chi connectivity index (χ3v) is 5.14. The van der Waals surface area contributed by atoms with Gasteiger partial charge in [-0.3, -0.25) is 9.48 Å². The second-order valence-corrected chi connectivity index (χ2v) is 7.33. The van der Waals surface area contributed by atoms with Crippen LogP contribution in [0.25, 0.3) is 22.2 Å². The number of aryl methyl sites for hydroxylation is 1. The molecule has 0 aliphatic carbocycles. The lowest BCUT2D eigenvalue weighted by Crippen LogP contribution is -2.14. The van der Waals surface area contributed by atoms with Gasteiger partial charge in [0, 0.05) is 28.2 Å². The van der Waals surface area contributed by atoms with Crippen molar-refractivity contribution in [2.24, 2.45) is 7.05 Å². The quantitative estimate of drug-likeness (QED) is 0.484. The van der Waals surface area contributed by atoms with E-state index in [0.717, 1.165) is 11.3 Å². The molecule has 4 rings (SSSR count). The Balaban J connectivity index is 1.83. The number of pyridine rings is 1. The zero-order valence-electron chi connectivity index (χ0n) is 15.2. The van der Waals surface area contributed by atoms with Crippen molar-refractivity contribution in [1.82, 2.24) is 14.8 Å². The molecule has 4 aromatic rings. The number of anilines is 1. The molecule has 140 valence electrons. The van der Waals surface area contributed by atoms with Gasteiger partial charge >= 0.3 is 0 Å². The molecular weight excluding hydrogens is 423 g/mol. The van der Waals surface area contributed by atoms with Gasteiger partial charge in [0.2, 0.25) is 0 Å². The zero-order chi connectivity index (χ0) is 19.8. The average molecular weight is 439 g/mol.